The number of terminal acetylenes is 1. The van der Waals surface area contributed by atoms with Crippen molar-refractivity contribution in [1.29, 1.82) is 0 Å². The molecule has 0 bridgehead atoms. The van der Waals surface area contributed by atoms with Gasteiger partial charge in [0.2, 0.25) is 0 Å². The lowest BCUT2D eigenvalue weighted by atomic mass is 10.0. The van der Waals surface area contributed by atoms with Crippen LogP contribution in [0.15, 0.2) is 12.1 Å². The van der Waals surface area contributed by atoms with Crippen LogP contribution in [0.5, 0.6) is 0 Å². The molecule has 5 heteroatoms. The van der Waals surface area contributed by atoms with Gasteiger partial charge in [-0.25, -0.2) is 0 Å². The number of benzene rings is 1. The molecule has 0 spiro atoms. The van der Waals surface area contributed by atoms with Crippen molar-refractivity contribution >= 4 is 5.69 Å². The molecule has 0 aliphatic heterocycles. The molecule has 22 heavy (non-hydrogen) atoms. The number of aliphatic hydroxyl groups is 1. The highest BCUT2D eigenvalue weighted by Crippen LogP contribution is 2.35. The van der Waals surface area contributed by atoms with Gasteiger partial charge < -0.3 is 10.0 Å². The molecule has 0 aliphatic rings. The molecule has 0 atom stereocenters. The second kappa shape index (κ2) is 7.66. The maximum absolute atomic E-state index is 13.0. The Kier molecular flexibility index (Phi) is 6.19. The Balaban J connectivity index is 3.59. The highest BCUT2D eigenvalue weighted by atomic mass is 19.4. The summed E-state index contributed by atoms with van der Waals surface area (Å²) in [6.07, 6.45) is 4.20. The van der Waals surface area contributed by atoms with E-state index in [1.54, 1.807) is 6.11 Å². The summed E-state index contributed by atoms with van der Waals surface area (Å²) in [5.74, 6) is 4.64. The van der Waals surface area contributed by atoms with Crippen molar-refractivity contribution < 1.29 is 18.3 Å². The standard InChI is InChI=1S/C17H18F3NO/c1-4-8-21(9-5-2)16-13(6-3)11-15(17(18,19)20)12-14(16)7-10-22/h3,11-12,22H,4-5,8-9H2,1-2H3. The molecule has 0 fully saturated rings. The summed E-state index contributed by atoms with van der Waals surface area (Å²) in [5.41, 5.74) is -0.169. The Labute approximate surface area is 128 Å². The quantitative estimate of drug-likeness (QED) is 0.831. The molecule has 0 unspecified atom stereocenters. The first-order chi connectivity index (χ1) is 10.4. The molecule has 2 nitrogen and oxygen atoms in total. The Bertz CT molecular complexity index is 612. The average molecular weight is 309 g/mol. The van der Waals surface area contributed by atoms with E-state index in [2.05, 4.69) is 11.8 Å². The fraction of sp³-hybridized carbons (Fsp3) is 0.412. The molecule has 0 aromatic heterocycles. The minimum atomic E-state index is -4.52. The Morgan fingerprint density at radius 3 is 2.09 bits per heavy atom. The summed E-state index contributed by atoms with van der Waals surface area (Å²) in [5, 5.41) is 8.83. The van der Waals surface area contributed by atoms with Gasteiger partial charge in [-0.2, -0.15) is 13.2 Å². The minimum absolute atomic E-state index is 0.0900. The molecule has 0 saturated carbocycles. The average Bonchev–Trinajstić information content (AvgIpc) is 2.45. The van der Waals surface area contributed by atoms with E-state index >= 15 is 0 Å². The van der Waals surface area contributed by atoms with Crippen molar-refractivity contribution in [2.75, 3.05) is 18.0 Å². The predicted molar refractivity (Wildman–Crippen MR) is 81.0 cm³/mol. The smallest absolute Gasteiger partial charge is 0.416 e. The maximum atomic E-state index is 13.0. The van der Waals surface area contributed by atoms with Gasteiger partial charge in [-0.3, -0.25) is 0 Å². The topological polar surface area (TPSA) is 23.5 Å². The number of rotatable bonds is 5. The third-order valence-corrected chi connectivity index (χ3v) is 3.09. The number of hydrogen-bond acceptors (Lipinski definition) is 2. The zero-order valence-electron chi connectivity index (χ0n) is 12.6. The van der Waals surface area contributed by atoms with E-state index in [4.69, 9.17) is 11.5 Å². The number of nitrogens with zero attached hydrogens (tertiary/aromatic N) is 1. The highest BCUT2D eigenvalue weighted by Gasteiger charge is 2.32. The normalized spacial score (nSPS) is 10.5. The second-order valence-electron chi connectivity index (χ2n) is 4.79. The lowest BCUT2D eigenvalue weighted by Crippen LogP contribution is -2.27. The van der Waals surface area contributed by atoms with Gasteiger partial charge in [-0.05, 0) is 30.9 Å². The number of alkyl halides is 3. The predicted octanol–water partition coefficient (Wildman–Crippen LogP) is 3.99. The molecule has 0 saturated heterocycles. The molecule has 1 aromatic carbocycles. The van der Waals surface area contributed by atoms with Crippen molar-refractivity contribution in [2.24, 2.45) is 0 Å². The van der Waals surface area contributed by atoms with E-state index < -0.39 is 11.7 Å². The largest absolute Gasteiger partial charge is 0.462 e. The van der Waals surface area contributed by atoms with E-state index in [9.17, 15) is 13.2 Å². The van der Waals surface area contributed by atoms with Gasteiger partial charge in [-0.15, -0.1) is 6.42 Å². The van der Waals surface area contributed by atoms with Gasteiger partial charge in [-0.1, -0.05) is 19.8 Å². The second-order valence-corrected chi connectivity index (χ2v) is 4.79. The van der Waals surface area contributed by atoms with Crippen LogP contribution in [0.2, 0.25) is 0 Å². The van der Waals surface area contributed by atoms with Crippen LogP contribution >= 0.6 is 0 Å². The van der Waals surface area contributed by atoms with Gasteiger partial charge in [0.05, 0.1) is 16.8 Å². The van der Waals surface area contributed by atoms with Crippen LogP contribution in [-0.4, -0.2) is 18.2 Å². The molecule has 1 aromatic rings. The molecule has 1 rings (SSSR count). The summed E-state index contributed by atoms with van der Waals surface area (Å²) >= 11 is 0. The van der Waals surface area contributed by atoms with Crippen molar-refractivity contribution in [3.63, 3.8) is 0 Å². The first-order valence-corrected chi connectivity index (χ1v) is 7.00. The van der Waals surface area contributed by atoms with Gasteiger partial charge in [0, 0.05) is 18.7 Å². The molecule has 0 radical (unpaired) electrons. The van der Waals surface area contributed by atoms with Crippen LogP contribution in [0, 0.1) is 24.4 Å². The molecule has 1 N–H and O–H groups in total. The summed E-state index contributed by atoms with van der Waals surface area (Å²) in [6, 6.07) is 1.88. The molecular weight excluding hydrogens is 291 g/mol. The highest BCUT2D eigenvalue weighted by molar-refractivity contribution is 5.71. The lowest BCUT2D eigenvalue weighted by Gasteiger charge is -2.27. The number of anilines is 1. The number of hydrogen-bond donors (Lipinski definition) is 1. The maximum Gasteiger partial charge on any atom is 0.416 e. The van der Waals surface area contributed by atoms with Gasteiger partial charge in [0.15, 0.2) is 0 Å². The molecular formula is C17H18F3NO. The van der Waals surface area contributed by atoms with Crippen LogP contribution in [0.3, 0.4) is 0 Å². The lowest BCUT2D eigenvalue weighted by molar-refractivity contribution is -0.137. The molecule has 118 valence electrons. The van der Waals surface area contributed by atoms with Crippen LogP contribution in [-0.2, 0) is 6.18 Å². The van der Waals surface area contributed by atoms with Crippen LogP contribution in [0.25, 0.3) is 0 Å². The van der Waals surface area contributed by atoms with Crippen LogP contribution in [0.1, 0.15) is 43.4 Å². The SMILES string of the molecule is C#Cc1cc(C(F)(F)F)cc(C#CO)c1N(CCC)CCC. The van der Waals surface area contributed by atoms with Gasteiger partial charge >= 0.3 is 6.18 Å². The van der Waals surface area contributed by atoms with E-state index in [0.717, 1.165) is 25.0 Å². The zero-order valence-corrected chi connectivity index (χ0v) is 12.6. The van der Waals surface area contributed by atoms with E-state index in [-0.39, 0.29) is 11.1 Å². The Morgan fingerprint density at radius 2 is 1.68 bits per heavy atom. The summed E-state index contributed by atoms with van der Waals surface area (Å²) in [7, 11) is 0. The van der Waals surface area contributed by atoms with Crippen LogP contribution in [0.4, 0.5) is 18.9 Å². The van der Waals surface area contributed by atoms with Crippen molar-refractivity contribution in [3.05, 3.63) is 28.8 Å². The zero-order chi connectivity index (χ0) is 16.8. The van der Waals surface area contributed by atoms with E-state index in [1.807, 2.05) is 18.7 Å². The molecule has 0 amide bonds. The number of halogens is 3. The Hall–Kier alpha value is -2.27. The summed E-state index contributed by atoms with van der Waals surface area (Å²) < 4.78 is 38.9. The first-order valence-electron chi connectivity index (χ1n) is 7.00. The third kappa shape index (κ3) is 4.11. The van der Waals surface area contributed by atoms with E-state index in [1.165, 1.54) is 0 Å². The van der Waals surface area contributed by atoms with Crippen molar-refractivity contribution in [1.82, 2.24) is 0 Å². The Morgan fingerprint density at radius 1 is 1.14 bits per heavy atom. The first kappa shape index (κ1) is 17.8. The third-order valence-electron chi connectivity index (χ3n) is 3.09. The van der Waals surface area contributed by atoms with Crippen LogP contribution < -0.4 is 4.90 Å². The number of aliphatic hydroxyl groups excluding tert-OH is 1. The van der Waals surface area contributed by atoms with Gasteiger partial charge in [0.1, 0.15) is 6.11 Å². The molecule has 0 aliphatic carbocycles. The van der Waals surface area contributed by atoms with Crippen molar-refractivity contribution in [2.45, 2.75) is 32.9 Å². The van der Waals surface area contributed by atoms with E-state index in [0.29, 0.717) is 18.8 Å². The summed E-state index contributed by atoms with van der Waals surface area (Å²) in [4.78, 5) is 1.91. The van der Waals surface area contributed by atoms with Crippen molar-refractivity contribution in [3.8, 4) is 24.4 Å². The monoisotopic (exact) mass is 309 g/mol. The fourth-order valence-corrected chi connectivity index (χ4v) is 2.28. The van der Waals surface area contributed by atoms with Gasteiger partial charge in [0.25, 0.3) is 0 Å². The fourth-order valence-electron chi connectivity index (χ4n) is 2.28. The molecule has 0 heterocycles. The summed E-state index contributed by atoms with van der Waals surface area (Å²) in [6.45, 7) is 5.24. The minimum Gasteiger partial charge on any atom is -0.462 e.